The van der Waals surface area contributed by atoms with Crippen molar-refractivity contribution >= 4 is 11.5 Å². The van der Waals surface area contributed by atoms with Crippen LogP contribution in [0, 0.1) is 5.82 Å². The predicted molar refractivity (Wildman–Crippen MR) is 116 cm³/mol. The van der Waals surface area contributed by atoms with Crippen LogP contribution in [0.15, 0.2) is 41.5 Å². The van der Waals surface area contributed by atoms with E-state index in [9.17, 15) is 9.18 Å². The first-order valence-electron chi connectivity index (χ1n) is 10.2. The third kappa shape index (κ3) is 3.90. The van der Waals surface area contributed by atoms with Crippen molar-refractivity contribution in [3.63, 3.8) is 0 Å². The van der Waals surface area contributed by atoms with E-state index in [2.05, 4.69) is 19.9 Å². The molecule has 2 N–H and O–H groups in total. The Morgan fingerprint density at radius 1 is 1.07 bits per heavy atom. The third-order valence-electron chi connectivity index (χ3n) is 5.34. The molecule has 30 heavy (non-hydrogen) atoms. The Balaban J connectivity index is 1.72. The number of rotatable bonds is 4. The van der Waals surface area contributed by atoms with Crippen LogP contribution < -0.4 is 16.2 Å². The summed E-state index contributed by atoms with van der Waals surface area (Å²) in [4.78, 5) is 27.3. The molecule has 0 amide bonds. The zero-order valence-corrected chi connectivity index (χ0v) is 17.2. The van der Waals surface area contributed by atoms with Crippen LogP contribution >= 0.6 is 0 Å². The highest BCUT2D eigenvalue weighted by Crippen LogP contribution is 2.27. The van der Waals surface area contributed by atoms with E-state index in [0.29, 0.717) is 11.3 Å². The molecule has 1 fully saturated rings. The van der Waals surface area contributed by atoms with E-state index in [1.54, 1.807) is 18.5 Å². The first-order chi connectivity index (χ1) is 14.4. The molecule has 0 bridgehead atoms. The second kappa shape index (κ2) is 8.22. The molecule has 3 aromatic heterocycles. The SMILES string of the molecule is CC(C)n1cc(-c2nc(-c3ccc(N4CCCCC4)cn3)nc(N)c2F)ccc1=O. The molecule has 156 valence electrons. The number of halogens is 1. The standard InChI is InChI=1S/C22H25FN6O/c1-14(2)29-13-15(6-9-18(29)30)20-19(23)21(24)27-22(26-20)17-8-7-16(12-25-17)28-10-4-3-5-11-28/h6-9,12-14H,3-5,10-11H2,1-2H3,(H2,24,26,27). The average molecular weight is 408 g/mol. The van der Waals surface area contributed by atoms with Crippen molar-refractivity contribution in [1.29, 1.82) is 0 Å². The second-order valence-corrected chi connectivity index (χ2v) is 7.80. The van der Waals surface area contributed by atoms with Crippen molar-refractivity contribution in [3.05, 3.63) is 52.8 Å². The van der Waals surface area contributed by atoms with Crippen LogP contribution in [0.1, 0.15) is 39.2 Å². The summed E-state index contributed by atoms with van der Waals surface area (Å²) in [5.41, 5.74) is 7.76. The van der Waals surface area contributed by atoms with E-state index >= 15 is 0 Å². The van der Waals surface area contributed by atoms with Gasteiger partial charge in [-0.3, -0.25) is 9.78 Å². The van der Waals surface area contributed by atoms with Gasteiger partial charge in [-0.15, -0.1) is 0 Å². The Labute approximate surface area is 174 Å². The first kappa shape index (κ1) is 20.0. The fraction of sp³-hybridized carbons (Fsp3) is 0.364. The van der Waals surface area contributed by atoms with Gasteiger partial charge in [-0.2, -0.15) is 0 Å². The van der Waals surface area contributed by atoms with Crippen LogP contribution in [-0.4, -0.2) is 32.6 Å². The van der Waals surface area contributed by atoms with Gasteiger partial charge in [-0.1, -0.05) is 0 Å². The zero-order chi connectivity index (χ0) is 21.3. The zero-order valence-electron chi connectivity index (χ0n) is 17.2. The van der Waals surface area contributed by atoms with Gasteiger partial charge in [0.25, 0.3) is 5.56 Å². The Morgan fingerprint density at radius 2 is 1.83 bits per heavy atom. The highest BCUT2D eigenvalue weighted by molar-refractivity contribution is 5.66. The molecular weight excluding hydrogens is 383 g/mol. The van der Waals surface area contributed by atoms with E-state index < -0.39 is 5.82 Å². The van der Waals surface area contributed by atoms with Gasteiger partial charge >= 0.3 is 0 Å². The summed E-state index contributed by atoms with van der Waals surface area (Å²) in [6, 6.07) is 6.69. The average Bonchev–Trinajstić information content (AvgIpc) is 2.76. The van der Waals surface area contributed by atoms with Crippen molar-refractivity contribution in [2.24, 2.45) is 0 Å². The molecule has 0 atom stereocenters. The van der Waals surface area contributed by atoms with Gasteiger partial charge in [0.2, 0.25) is 0 Å². The van der Waals surface area contributed by atoms with Crippen LogP contribution in [0.2, 0.25) is 0 Å². The maximum absolute atomic E-state index is 14.8. The van der Waals surface area contributed by atoms with E-state index in [0.717, 1.165) is 18.8 Å². The van der Waals surface area contributed by atoms with Crippen LogP contribution in [0.25, 0.3) is 22.8 Å². The smallest absolute Gasteiger partial charge is 0.250 e. The maximum Gasteiger partial charge on any atom is 0.250 e. The maximum atomic E-state index is 14.8. The molecule has 4 rings (SSSR count). The van der Waals surface area contributed by atoms with Crippen molar-refractivity contribution in [2.45, 2.75) is 39.2 Å². The first-order valence-corrected chi connectivity index (χ1v) is 10.2. The van der Waals surface area contributed by atoms with Crippen LogP contribution in [0.4, 0.5) is 15.9 Å². The lowest BCUT2D eigenvalue weighted by Gasteiger charge is -2.28. The molecule has 0 spiro atoms. The summed E-state index contributed by atoms with van der Waals surface area (Å²) in [7, 11) is 0. The second-order valence-electron chi connectivity index (χ2n) is 7.80. The largest absolute Gasteiger partial charge is 0.381 e. The van der Waals surface area contributed by atoms with Crippen molar-refractivity contribution < 1.29 is 4.39 Å². The summed E-state index contributed by atoms with van der Waals surface area (Å²) in [6.07, 6.45) is 7.01. The molecule has 0 unspecified atom stereocenters. The molecule has 8 heteroatoms. The summed E-state index contributed by atoms with van der Waals surface area (Å²) in [5, 5.41) is 0. The fourth-order valence-corrected chi connectivity index (χ4v) is 3.68. The predicted octanol–water partition coefficient (Wildman–Crippen LogP) is 3.66. The highest BCUT2D eigenvalue weighted by Gasteiger charge is 2.18. The van der Waals surface area contributed by atoms with E-state index in [-0.39, 0.29) is 28.9 Å². The normalized spacial score (nSPS) is 14.3. The number of anilines is 2. The minimum atomic E-state index is -0.711. The summed E-state index contributed by atoms with van der Waals surface area (Å²) in [5.74, 6) is -0.715. The minimum Gasteiger partial charge on any atom is -0.381 e. The lowest BCUT2D eigenvalue weighted by atomic mass is 10.1. The quantitative estimate of drug-likeness (QED) is 0.709. The van der Waals surface area contributed by atoms with Crippen LogP contribution in [-0.2, 0) is 0 Å². The summed E-state index contributed by atoms with van der Waals surface area (Å²) in [6.45, 7) is 5.82. The molecule has 0 aliphatic carbocycles. The highest BCUT2D eigenvalue weighted by atomic mass is 19.1. The minimum absolute atomic E-state index is 0.0498. The molecular formula is C22H25FN6O. The number of pyridine rings is 2. The summed E-state index contributed by atoms with van der Waals surface area (Å²) < 4.78 is 16.3. The van der Waals surface area contributed by atoms with Gasteiger partial charge in [0, 0.05) is 37.0 Å². The number of hydrogen-bond acceptors (Lipinski definition) is 6. The molecule has 0 aromatic carbocycles. The Bertz CT molecular complexity index is 1100. The molecule has 0 radical (unpaired) electrons. The van der Waals surface area contributed by atoms with Crippen LogP contribution in [0.5, 0.6) is 0 Å². The van der Waals surface area contributed by atoms with Gasteiger partial charge in [-0.25, -0.2) is 14.4 Å². The molecule has 0 saturated carbocycles. The number of nitrogen functional groups attached to an aromatic ring is 1. The van der Waals surface area contributed by atoms with E-state index in [1.165, 1.54) is 29.9 Å². The van der Waals surface area contributed by atoms with Gasteiger partial charge in [0.1, 0.15) is 11.4 Å². The van der Waals surface area contributed by atoms with E-state index in [1.807, 2.05) is 26.0 Å². The Kier molecular flexibility index (Phi) is 5.48. The van der Waals surface area contributed by atoms with Crippen molar-refractivity contribution in [3.8, 4) is 22.8 Å². The lowest BCUT2D eigenvalue weighted by Crippen LogP contribution is -2.29. The van der Waals surface area contributed by atoms with E-state index in [4.69, 9.17) is 5.73 Å². The molecule has 1 aliphatic heterocycles. The molecule has 4 heterocycles. The summed E-state index contributed by atoms with van der Waals surface area (Å²) >= 11 is 0. The fourth-order valence-electron chi connectivity index (χ4n) is 3.68. The third-order valence-corrected chi connectivity index (χ3v) is 5.34. The molecule has 3 aromatic rings. The Morgan fingerprint density at radius 3 is 2.50 bits per heavy atom. The lowest BCUT2D eigenvalue weighted by molar-refractivity contribution is 0.577. The number of nitrogens with zero attached hydrogens (tertiary/aromatic N) is 5. The number of aromatic nitrogens is 4. The van der Waals surface area contributed by atoms with Gasteiger partial charge in [0.15, 0.2) is 17.5 Å². The van der Waals surface area contributed by atoms with Gasteiger partial charge in [0.05, 0.1) is 11.9 Å². The molecule has 7 nitrogen and oxygen atoms in total. The Hall–Kier alpha value is -3.29. The molecule has 1 aliphatic rings. The van der Waals surface area contributed by atoms with Gasteiger partial charge < -0.3 is 15.2 Å². The van der Waals surface area contributed by atoms with Crippen LogP contribution in [0.3, 0.4) is 0 Å². The number of nitrogens with two attached hydrogens (primary N) is 1. The topological polar surface area (TPSA) is 89.9 Å². The molecule has 1 saturated heterocycles. The van der Waals surface area contributed by atoms with Gasteiger partial charge in [-0.05, 0) is 51.3 Å². The number of hydrogen-bond donors (Lipinski definition) is 1. The van der Waals surface area contributed by atoms with Crippen molar-refractivity contribution in [2.75, 3.05) is 23.7 Å². The van der Waals surface area contributed by atoms with Crippen molar-refractivity contribution in [1.82, 2.24) is 19.5 Å². The monoisotopic (exact) mass is 408 g/mol. The number of piperidine rings is 1.